The molecule has 3 aromatic rings. The lowest BCUT2D eigenvalue weighted by atomic mass is 10.3. The number of aromatic nitrogens is 4. The summed E-state index contributed by atoms with van der Waals surface area (Å²) in [5, 5.41) is 4.37. The highest BCUT2D eigenvalue weighted by Gasteiger charge is 2.16. The van der Waals surface area contributed by atoms with Crippen molar-refractivity contribution >= 4 is 45.2 Å². The normalized spacial score (nSPS) is 11.4. The molecule has 0 aliphatic rings. The van der Waals surface area contributed by atoms with Crippen LogP contribution in [0.4, 0.5) is 4.39 Å². The molecule has 0 atom stereocenters. The first-order valence-electron chi connectivity index (χ1n) is 6.02. The molecule has 0 aliphatic carbocycles. The number of hydrogen-bond acceptors (Lipinski definition) is 2. The van der Waals surface area contributed by atoms with E-state index in [9.17, 15) is 4.39 Å². The lowest BCUT2D eigenvalue weighted by Gasteiger charge is -2.05. The Hall–Kier alpha value is -1.15. The van der Waals surface area contributed by atoms with Crippen molar-refractivity contribution in [1.82, 2.24) is 19.3 Å². The lowest BCUT2D eigenvalue weighted by Crippen LogP contribution is -2.04. The Kier molecular flexibility index (Phi) is 3.68. The van der Waals surface area contributed by atoms with E-state index in [1.165, 1.54) is 6.07 Å². The zero-order valence-electron chi connectivity index (χ0n) is 10.6. The van der Waals surface area contributed by atoms with E-state index < -0.39 is 0 Å². The van der Waals surface area contributed by atoms with Crippen molar-refractivity contribution < 1.29 is 4.39 Å². The topological polar surface area (TPSA) is 35.6 Å². The number of alkyl halides is 1. The van der Waals surface area contributed by atoms with Gasteiger partial charge in [-0.2, -0.15) is 5.10 Å². The number of benzene rings is 1. The summed E-state index contributed by atoms with van der Waals surface area (Å²) in [4.78, 5) is 4.55. The van der Waals surface area contributed by atoms with Gasteiger partial charge >= 0.3 is 0 Å². The van der Waals surface area contributed by atoms with Gasteiger partial charge in [0.1, 0.15) is 11.6 Å². The van der Waals surface area contributed by atoms with Crippen LogP contribution >= 0.6 is 34.2 Å². The molecule has 2 aromatic heterocycles. The standard InChI is InChI=1S/C13H11ClFIN4/c1-19-5-3-13(18-19)20-11-6-8(15)9(16)7-10(11)17-12(20)2-4-14/h3,5-7H,2,4H2,1H3. The highest BCUT2D eigenvalue weighted by Crippen LogP contribution is 2.25. The van der Waals surface area contributed by atoms with Crippen molar-refractivity contribution in [1.29, 1.82) is 0 Å². The van der Waals surface area contributed by atoms with Crippen LogP contribution in [0.15, 0.2) is 24.4 Å². The first-order valence-corrected chi connectivity index (χ1v) is 7.64. The van der Waals surface area contributed by atoms with E-state index in [1.54, 1.807) is 10.7 Å². The van der Waals surface area contributed by atoms with Gasteiger partial charge in [-0.3, -0.25) is 9.25 Å². The molecule has 0 saturated carbocycles. The molecule has 104 valence electrons. The molecule has 0 unspecified atom stereocenters. The molecule has 1 aromatic carbocycles. The van der Waals surface area contributed by atoms with Gasteiger partial charge in [0.15, 0.2) is 5.82 Å². The Morgan fingerprint density at radius 2 is 2.20 bits per heavy atom. The van der Waals surface area contributed by atoms with Crippen molar-refractivity contribution in [2.45, 2.75) is 6.42 Å². The zero-order valence-corrected chi connectivity index (χ0v) is 13.6. The Balaban J connectivity index is 2.31. The van der Waals surface area contributed by atoms with Gasteiger partial charge in [-0.15, -0.1) is 11.6 Å². The Bertz CT molecular complexity index is 780. The van der Waals surface area contributed by atoms with E-state index in [-0.39, 0.29) is 5.82 Å². The maximum atomic E-state index is 13.8. The third-order valence-corrected chi connectivity index (χ3v) is 4.03. The highest BCUT2D eigenvalue weighted by atomic mass is 127. The van der Waals surface area contributed by atoms with Gasteiger partial charge in [-0.25, -0.2) is 9.37 Å². The molecule has 7 heteroatoms. The van der Waals surface area contributed by atoms with Gasteiger partial charge < -0.3 is 0 Å². The molecule has 0 spiro atoms. The van der Waals surface area contributed by atoms with Crippen molar-refractivity contribution in [2.24, 2.45) is 7.05 Å². The summed E-state index contributed by atoms with van der Waals surface area (Å²) < 4.78 is 18.0. The number of rotatable bonds is 3. The Morgan fingerprint density at radius 3 is 2.85 bits per heavy atom. The van der Waals surface area contributed by atoms with Crippen LogP contribution < -0.4 is 0 Å². The molecule has 0 bridgehead atoms. The molecule has 2 heterocycles. The number of aryl methyl sites for hydroxylation is 2. The molecule has 0 aliphatic heterocycles. The molecular formula is C13H11ClFIN4. The highest BCUT2D eigenvalue weighted by molar-refractivity contribution is 14.1. The van der Waals surface area contributed by atoms with Gasteiger partial charge in [0.05, 0.1) is 14.6 Å². The van der Waals surface area contributed by atoms with Crippen molar-refractivity contribution in [3.63, 3.8) is 0 Å². The van der Waals surface area contributed by atoms with Gasteiger partial charge in [-0.1, -0.05) is 0 Å². The van der Waals surface area contributed by atoms with E-state index in [0.717, 1.165) is 17.2 Å². The molecule has 0 fully saturated rings. The summed E-state index contributed by atoms with van der Waals surface area (Å²) in [6, 6.07) is 5.10. The van der Waals surface area contributed by atoms with E-state index in [0.29, 0.717) is 21.4 Å². The fourth-order valence-corrected chi connectivity index (χ4v) is 2.77. The molecular weight excluding hydrogens is 394 g/mol. The van der Waals surface area contributed by atoms with Gasteiger partial charge in [0.2, 0.25) is 0 Å². The van der Waals surface area contributed by atoms with Crippen molar-refractivity contribution in [3.05, 3.63) is 39.6 Å². The summed E-state index contributed by atoms with van der Waals surface area (Å²) in [7, 11) is 1.84. The molecule has 20 heavy (non-hydrogen) atoms. The fourth-order valence-electron chi connectivity index (χ4n) is 2.15. The van der Waals surface area contributed by atoms with E-state index >= 15 is 0 Å². The SMILES string of the molecule is Cn1ccc(-n2c(CCCl)nc3cc(I)c(F)cc32)n1. The third-order valence-electron chi connectivity index (χ3n) is 3.01. The number of imidazole rings is 1. The van der Waals surface area contributed by atoms with E-state index in [1.807, 2.05) is 46.5 Å². The third kappa shape index (κ3) is 2.31. The molecule has 4 nitrogen and oxygen atoms in total. The number of halogens is 3. The summed E-state index contributed by atoms with van der Waals surface area (Å²) in [5.74, 6) is 1.70. The van der Waals surface area contributed by atoms with Crippen LogP contribution in [-0.2, 0) is 13.5 Å². The quantitative estimate of drug-likeness (QED) is 0.496. The summed E-state index contributed by atoms with van der Waals surface area (Å²) in [6.45, 7) is 0. The predicted octanol–water partition coefficient (Wildman–Crippen LogP) is 3.28. The van der Waals surface area contributed by atoms with Crippen LogP contribution in [0.3, 0.4) is 0 Å². The lowest BCUT2D eigenvalue weighted by molar-refractivity contribution is 0.621. The first-order chi connectivity index (χ1) is 9.60. The summed E-state index contributed by atoms with van der Waals surface area (Å²) in [6.07, 6.45) is 2.44. The van der Waals surface area contributed by atoms with Gasteiger partial charge in [0, 0.05) is 37.7 Å². The van der Waals surface area contributed by atoms with Crippen LogP contribution in [0, 0.1) is 9.39 Å². The average Bonchev–Trinajstić information content (AvgIpc) is 2.94. The fraction of sp³-hybridized carbons (Fsp3) is 0.231. The summed E-state index contributed by atoms with van der Waals surface area (Å²) >= 11 is 7.80. The largest absolute Gasteiger partial charge is 0.279 e. The van der Waals surface area contributed by atoms with E-state index in [2.05, 4.69) is 10.1 Å². The van der Waals surface area contributed by atoms with Crippen molar-refractivity contribution in [3.8, 4) is 5.82 Å². The molecule has 0 saturated heterocycles. The van der Waals surface area contributed by atoms with Crippen LogP contribution in [0.25, 0.3) is 16.9 Å². The van der Waals surface area contributed by atoms with Crippen LogP contribution in [-0.4, -0.2) is 25.2 Å². The van der Waals surface area contributed by atoms with Gasteiger partial charge in [0.25, 0.3) is 0 Å². The monoisotopic (exact) mass is 404 g/mol. The minimum absolute atomic E-state index is 0.257. The van der Waals surface area contributed by atoms with Crippen LogP contribution in [0.2, 0.25) is 0 Å². The van der Waals surface area contributed by atoms with Crippen LogP contribution in [0.5, 0.6) is 0 Å². The Labute approximate surface area is 133 Å². The first kappa shape index (κ1) is 13.8. The zero-order chi connectivity index (χ0) is 14.3. The molecule has 3 rings (SSSR count). The van der Waals surface area contributed by atoms with E-state index in [4.69, 9.17) is 11.6 Å². The number of nitrogens with zero attached hydrogens (tertiary/aromatic N) is 4. The minimum Gasteiger partial charge on any atom is -0.279 e. The second kappa shape index (κ2) is 5.33. The van der Waals surface area contributed by atoms with Crippen molar-refractivity contribution in [2.75, 3.05) is 5.88 Å². The maximum absolute atomic E-state index is 13.8. The second-order valence-corrected chi connectivity index (χ2v) is 5.95. The smallest absolute Gasteiger partial charge is 0.160 e. The van der Waals surface area contributed by atoms with Crippen LogP contribution in [0.1, 0.15) is 5.82 Å². The second-order valence-electron chi connectivity index (χ2n) is 4.41. The molecule has 0 N–H and O–H groups in total. The maximum Gasteiger partial charge on any atom is 0.160 e. The summed E-state index contributed by atoms with van der Waals surface area (Å²) in [5.41, 5.74) is 1.46. The minimum atomic E-state index is -0.257. The average molecular weight is 405 g/mol. The predicted molar refractivity (Wildman–Crippen MR) is 84.9 cm³/mol. The molecule has 0 amide bonds. The number of fused-ring (bicyclic) bond motifs is 1. The van der Waals surface area contributed by atoms with Gasteiger partial charge in [-0.05, 0) is 28.7 Å². The number of hydrogen-bond donors (Lipinski definition) is 0. The molecule has 0 radical (unpaired) electrons. The Morgan fingerprint density at radius 1 is 1.40 bits per heavy atom.